The lowest BCUT2D eigenvalue weighted by atomic mass is 9.39. The first-order valence-electron chi connectivity index (χ1n) is 17.2. The molecule has 0 heterocycles. The van der Waals surface area contributed by atoms with E-state index in [-0.39, 0.29) is 40.3 Å². The molecule has 7 rings (SSSR count). The van der Waals surface area contributed by atoms with Crippen molar-refractivity contribution in [1.29, 1.82) is 5.26 Å². The molecule has 0 bridgehead atoms. The standard InChI is InChI=1S/C41H45NO4/c1-26(2)20-37(44)46-19-5-4-16-41(45)18-15-36-34-13-11-31-22-32(43)14-17-40(31)23-30-21-29(28-8-6-27(25-42)7-9-28)10-12-33(30)35(38(34)40)24-39(36,41)3/h4,6-10,12,15-16,18,21-22,26,34-36,38,45H,5,11,13-14,17,19-20,23-24H2,1-3H3/b16-4-/t34?,35-,36?,38?,39+,40?,41+/m1/s1. The topological polar surface area (TPSA) is 87.4 Å². The molecule has 5 aliphatic carbocycles. The van der Waals surface area contributed by atoms with Gasteiger partial charge >= 0.3 is 5.97 Å². The van der Waals surface area contributed by atoms with E-state index in [0.717, 1.165) is 43.2 Å². The van der Waals surface area contributed by atoms with Crippen LogP contribution in [0.3, 0.4) is 0 Å². The van der Waals surface area contributed by atoms with Gasteiger partial charge < -0.3 is 9.84 Å². The van der Waals surface area contributed by atoms with E-state index in [4.69, 9.17) is 4.74 Å². The number of nitriles is 1. The maximum Gasteiger partial charge on any atom is 0.306 e. The molecule has 5 nitrogen and oxygen atoms in total. The molecule has 238 valence electrons. The van der Waals surface area contributed by atoms with Crippen LogP contribution in [0.5, 0.6) is 0 Å². The number of aliphatic hydroxyl groups is 1. The van der Waals surface area contributed by atoms with Crippen LogP contribution in [0.2, 0.25) is 0 Å². The van der Waals surface area contributed by atoms with E-state index < -0.39 is 5.60 Å². The molecular weight excluding hydrogens is 570 g/mol. The van der Waals surface area contributed by atoms with Crippen molar-refractivity contribution in [3.05, 3.63) is 95.1 Å². The minimum absolute atomic E-state index is 0.0244. The summed E-state index contributed by atoms with van der Waals surface area (Å²) in [4.78, 5) is 24.8. The molecule has 1 spiro atoms. The molecule has 0 radical (unpaired) electrons. The molecule has 5 aliphatic rings. The van der Waals surface area contributed by atoms with Crippen molar-refractivity contribution in [2.75, 3.05) is 6.61 Å². The summed E-state index contributed by atoms with van der Waals surface area (Å²) in [6, 6.07) is 16.9. The van der Waals surface area contributed by atoms with E-state index in [0.29, 0.717) is 43.3 Å². The van der Waals surface area contributed by atoms with Gasteiger partial charge in [0.15, 0.2) is 5.78 Å². The first-order chi connectivity index (χ1) is 22.1. The lowest BCUT2D eigenvalue weighted by Gasteiger charge is -2.64. The lowest BCUT2D eigenvalue weighted by molar-refractivity contribution is -0.144. The molecule has 1 N–H and O–H groups in total. The highest BCUT2D eigenvalue weighted by atomic mass is 16.5. The van der Waals surface area contributed by atoms with Gasteiger partial charge in [-0.15, -0.1) is 0 Å². The van der Waals surface area contributed by atoms with E-state index in [2.05, 4.69) is 37.3 Å². The zero-order valence-corrected chi connectivity index (χ0v) is 27.3. The fraction of sp³-hybridized carbons (Fsp3) is 0.488. The van der Waals surface area contributed by atoms with Crippen molar-refractivity contribution in [3.8, 4) is 17.2 Å². The summed E-state index contributed by atoms with van der Waals surface area (Å²) < 4.78 is 5.42. The third-order valence-electron chi connectivity index (χ3n) is 12.3. The Morgan fingerprint density at radius 1 is 1.15 bits per heavy atom. The van der Waals surface area contributed by atoms with Crippen LogP contribution in [-0.4, -0.2) is 29.1 Å². The lowest BCUT2D eigenvalue weighted by Crippen LogP contribution is -2.59. The van der Waals surface area contributed by atoms with Gasteiger partial charge in [-0.1, -0.05) is 81.0 Å². The highest BCUT2D eigenvalue weighted by Gasteiger charge is 2.66. The van der Waals surface area contributed by atoms with E-state index in [1.807, 2.05) is 62.4 Å². The van der Waals surface area contributed by atoms with E-state index >= 15 is 0 Å². The normalized spacial score (nSPS) is 33.9. The highest BCUT2D eigenvalue weighted by molar-refractivity contribution is 5.91. The number of hydrogen-bond donors (Lipinski definition) is 1. The van der Waals surface area contributed by atoms with Crippen molar-refractivity contribution < 1.29 is 19.4 Å². The molecule has 2 aromatic carbocycles. The minimum atomic E-state index is -1.09. The number of esters is 1. The van der Waals surface area contributed by atoms with Gasteiger partial charge in [0.05, 0.1) is 18.2 Å². The van der Waals surface area contributed by atoms with E-state index in [1.165, 1.54) is 16.7 Å². The average Bonchev–Trinajstić information content (AvgIpc) is 3.30. The van der Waals surface area contributed by atoms with Crippen molar-refractivity contribution >= 4 is 11.8 Å². The number of ether oxygens (including phenoxy) is 1. The van der Waals surface area contributed by atoms with Crippen molar-refractivity contribution in [1.82, 2.24) is 0 Å². The molecule has 5 heteroatoms. The Hall–Kier alpha value is -3.75. The fourth-order valence-corrected chi connectivity index (χ4v) is 10.2. The molecule has 2 saturated carbocycles. The fourth-order valence-electron chi connectivity index (χ4n) is 10.2. The molecule has 2 aromatic rings. The summed E-state index contributed by atoms with van der Waals surface area (Å²) in [5.74, 6) is 1.76. The molecule has 0 amide bonds. The number of fused-ring (bicyclic) bond motifs is 4. The molecule has 46 heavy (non-hydrogen) atoms. The largest absolute Gasteiger partial charge is 0.465 e. The van der Waals surface area contributed by atoms with Gasteiger partial charge in [-0.3, -0.25) is 9.59 Å². The summed E-state index contributed by atoms with van der Waals surface area (Å²) in [5, 5.41) is 21.6. The molecule has 4 unspecified atom stereocenters. The Morgan fingerprint density at radius 3 is 2.70 bits per heavy atom. The number of benzene rings is 2. The van der Waals surface area contributed by atoms with Crippen LogP contribution in [-0.2, 0) is 20.7 Å². The summed E-state index contributed by atoms with van der Waals surface area (Å²) >= 11 is 0. The Morgan fingerprint density at radius 2 is 1.93 bits per heavy atom. The first kappa shape index (κ1) is 30.9. The number of carbonyl (C=O) groups is 2. The van der Waals surface area contributed by atoms with E-state index in [9.17, 15) is 20.0 Å². The van der Waals surface area contributed by atoms with Gasteiger partial charge in [-0.25, -0.2) is 0 Å². The summed E-state index contributed by atoms with van der Waals surface area (Å²) in [6.45, 7) is 6.61. The monoisotopic (exact) mass is 615 g/mol. The second-order valence-electron chi connectivity index (χ2n) is 15.2. The SMILES string of the molecule is CC(C)CC(=O)OCC/C=C\[C@]1(O)C=CC2C3CCC4=CC(=O)CCC45Cc4cc(-c6ccc(C#N)cc6)ccc4[C@@H](C[C@@]21C)C35. The van der Waals surface area contributed by atoms with Crippen molar-refractivity contribution in [2.45, 2.75) is 83.7 Å². The Kier molecular flexibility index (Phi) is 7.72. The van der Waals surface area contributed by atoms with Gasteiger partial charge in [0, 0.05) is 18.3 Å². The predicted molar refractivity (Wildman–Crippen MR) is 178 cm³/mol. The zero-order chi connectivity index (χ0) is 32.3. The zero-order valence-electron chi connectivity index (χ0n) is 27.3. The molecular formula is C41H45NO4. The van der Waals surface area contributed by atoms with Gasteiger partial charge in [-0.2, -0.15) is 5.26 Å². The number of nitrogens with zero attached hydrogens (tertiary/aromatic N) is 1. The van der Waals surface area contributed by atoms with Crippen LogP contribution < -0.4 is 0 Å². The predicted octanol–water partition coefficient (Wildman–Crippen LogP) is 8.03. The maximum absolute atomic E-state index is 12.7. The van der Waals surface area contributed by atoms with Gasteiger partial charge in [0.1, 0.15) is 5.60 Å². The second-order valence-corrected chi connectivity index (χ2v) is 15.2. The number of rotatable bonds is 7. The smallest absolute Gasteiger partial charge is 0.306 e. The third-order valence-corrected chi connectivity index (χ3v) is 12.3. The van der Waals surface area contributed by atoms with Crippen LogP contribution in [0.25, 0.3) is 11.1 Å². The highest BCUT2D eigenvalue weighted by Crippen LogP contribution is 2.72. The number of allylic oxidation sites excluding steroid dienone is 3. The maximum atomic E-state index is 12.7. The second kappa shape index (κ2) is 11.5. The van der Waals surface area contributed by atoms with E-state index in [1.54, 1.807) is 0 Å². The molecule has 0 saturated heterocycles. The quantitative estimate of drug-likeness (QED) is 0.194. The Labute approximate surface area is 273 Å². The van der Waals surface area contributed by atoms with Crippen LogP contribution in [0.4, 0.5) is 0 Å². The number of carbonyl (C=O) groups excluding carboxylic acids is 2. The molecule has 0 aromatic heterocycles. The van der Waals surface area contributed by atoms with Gasteiger partial charge in [0.2, 0.25) is 0 Å². The molecule has 7 atom stereocenters. The number of hydrogen-bond acceptors (Lipinski definition) is 5. The summed E-state index contributed by atoms with van der Waals surface area (Å²) in [5.41, 5.74) is 5.53. The van der Waals surface area contributed by atoms with Crippen LogP contribution >= 0.6 is 0 Å². The number of ketones is 1. The summed E-state index contributed by atoms with van der Waals surface area (Å²) in [6.07, 6.45) is 16.6. The van der Waals surface area contributed by atoms with Crippen molar-refractivity contribution in [2.24, 2.45) is 34.5 Å². The van der Waals surface area contributed by atoms with Crippen LogP contribution in [0.15, 0.2) is 78.4 Å². The third kappa shape index (κ3) is 4.92. The molecule has 0 aliphatic heterocycles. The van der Waals surface area contributed by atoms with Gasteiger partial charge in [0.25, 0.3) is 0 Å². The molecule has 2 fully saturated rings. The minimum Gasteiger partial charge on any atom is -0.465 e. The Balaban J connectivity index is 1.23. The van der Waals surface area contributed by atoms with Crippen molar-refractivity contribution in [3.63, 3.8) is 0 Å². The summed E-state index contributed by atoms with van der Waals surface area (Å²) in [7, 11) is 0. The Bertz CT molecular complexity index is 1690. The average molecular weight is 616 g/mol. The van der Waals surface area contributed by atoms with Gasteiger partial charge in [-0.05, 0) is 114 Å². The van der Waals surface area contributed by atoms with Crippen LogP contribution in [0, 0.1) is 45.8 Å². The van der Waals surface area contributed by atoms with Crippen LogP contribution in [0.1, 0.15) is 88.3 Å². The first-order valence-corrected chi connectivity index (χ1v) is 17.2.